The molecule has 2 aromatic rings. The number of amides is 1. The Labute approximate surface area is 131 Å². The number of ether oxygens (including phenoxy) is 1. The van der Waals surface area contributed by atoms with Crippen molar-refractivity contribution in [2.24, 2.45) is 0 Å². The van der Waals surface area contributed by atoms with E-state index >= 15 is 0 Å². The quantitative estimate of drug-likeness (QED) is 0.938. The fourth-order valence-electron chi connectivity index (χ4n) is 2.55. The molecule has 3 rings (SSSR count). The van der Waals surface area contributed by atoms with Crippen molar-refractivity contribution in [3.63, 3.8) is 0 Å². The Morgan fingerprint density at radius 2 is 2.18 bits per heavy atom. The largest absolute Gasteiger partial charge is 0.481 e. The van der Waals surface area contributed by atoms with Gasteiger partial charge in [-0.3, -0.25) is 9.59 Å². The first kappa shape index (κ1) is 14.9. The number of carbonyl (C=O) groups is 2. The molecule has 0 spiro atoms. The molecule has 1 amide bonds. The molecule has 1 N–H and O–H groups in total. The number of hydrogen-bond acceptors (Lipinski definition) is 4. The highest BCUT2D eigenvalue weighted by molar-refractivity contribution is 6.31. The maximum atomic E-state index is 12.6. The van der Waals surface area contributed by atoms with E-state index in [1.165, 1.54) is 4.90 Å². The van der Waals surface area contributed by atoms with E-state index in [0.717, 1.165) is 5.39 Å². The van der Waals surface area contributed by atoms with Gasteiger partial charge in [-0.1, -0.05) is 11.6 Å². The number of aliphatic carboxylic acids is 1. The highest BCUT2D eigenvalue weighted by atomic mass is 35.5. The number of fused-ring (bicyclic) bond motifs is 1. The van der Waals surface area contributed by atoms with Crippen molar-refractivity contribution in [2.75, 3.05) is 19.8 Å². The Morgan fingerprint density at radius 3 is 2.95 bits per heavy atom. The van der Waals surface area contributed by atoms with Crippen LogP contribution in [-0.4, -0.2) is 47.7 Å². The van der Waals surface area contributed by atoms with Crippen LogP contribution < -0.4 is 0 Å². The molecule has 1 atom stereocenters. The summed E-state index contributed by atoms with van der Waals surface area (Å²) in [6.07, 6.45) is -0.155. The van der Waals surface area contributed by atoms with E-state index in [2.05, 4.69) is 0 Å². The Kier molecular flexibility index (Phi) is 4.04. The summed E-state index contributed by atoms with van der Waals surface area (Å²) >= 11 is 5.92. The number of carboxylic acid groups (broad SMARTS) is 1. The minimum Gasteiger partial charge on any atom is -0.481 e. The van der Waals surface area contributed by atoms with Crippen molar-refractivity contribution in [1.29, 1.82) is 0 Å². The van der Waals surface area contributed by atoms with Crippen molar-refractivity contribution in [1.82, 2.24) is 4.90 Å². The number of carboxylic acids is 1. The van der Waals surface area contributed by atoms with Crippen LogP contribution in [0.5, 0.6) is 0 Å². The van der Waals surface area contributed by atoms with E-state index in [4.69, 9.17) is 25.9 Å². The minimum atomic E-state index is -0.968. The zero-order valence-electron chi connectivity index (χ0n) is 11.6. The van der Waals surface area contributed by atoms with E-state index < -0.39 is 12.0 Å². The number of nitrogens with zero attached hydrogens (tertiary/aromatic N) is 1. The molecule has 7 heteroatoms. The second-order valence-electron chi connectivity index (χ2n) is 5.12. The van der Waals surface area contributed by atoms with Gasteiger partial charge >= 0.3 is 5.97 Å². The summed E-state index contributed by atoms with van der Waals surface area (Å²) < 4.78 is 10.8. The number of benzene rings is 1. The maximum absolute atomic E-state index is 12.6. The van der Waals surface area contributed by atoms with Crippen LogP contribution in [0.4, 0.5) is 0 Å². The Hall–Kier alpha value is -2.05. The summed E-state index contributed by atoms with van der Waals surface area (Å²) in [5.74, 6) is -1.12. The van der Waals surface area contributed by atoms with Crippen molar-refractivity contribution in [3.8, 4) is 0 Å². The van der Waals surface area contributed by atoms with E-state index in [0.29, 0.717) is 23.8 Å². The third-order valence-electron chi connectivity index (χ3n) is 3.59. The van der Waals surface area contributed by atoms with Gasteiger partial charge in [-0.15, -0.1) is 0 Å². The Morgan fingerprint density at radius 1 is 1.36 bits per heavy atom. The summed E-state index contributed by atoms with van der Waals surface area (Å²) in [4.78, 5) is 25.0. The van der Waals surface area contributed by atoms with E-state index in [1.54, 1.807) is 24.3 Å². The van der Waals surface area contributed by atoms with Gasteiger partial charge < -0.3 is 19.2 Å². The van der Waals surface area contributed by atoms with Gasteiger partial charge in [0, 0.05) is 17.0 Å². The fourth-order valence-corrected chi connectivity index (χ4v) is 2.73. The average molecular weight is 324 g/mol. The van der Waals surface area contributed by atoms with Crippen LogP contribution in [0.1, 0.15) is 17.0 Å². The van der Waals surface area contributed by atoms with Crippen molar-refractivity contribution < 1.29 is 23.8 Å². The van der Waals surface area contributed by atoms with E-state index in [1.807, 2.05) is 0 Å². The molecular formula is C15H14ClNO5. The Balaban J connectivity index is 1.87. The van der Waals surface area contributed by atoms with Gasteiger partial charge in [0.25, 0.3) is 5.91 Å². The topological polar surface area (TPSA) is 80.0 Å². The van der Waals surface area contributed by atoms with E-state index in [-0.39, 0.29) is 24.7 Å². The van der Waals surface area contributed by atoms with Crippen LogP contribution in [0, 0.1) is 0 Å². The van der Waals surface area contributed by atoms with Gasteiger partial charge in [0.2, 0.25) is 0 Å². The standard InChI is InChI=1S/C15H14ClNO5/c16-10-1-2-12-9(5-10)6-13(22-12)15(20)17-3-4-21-8-11(17)7-14(18)19/h1-2,5-6,11H,3-4,7-8H2,(H,18,19). The van der Waals surface area contributed by atoms with Gasteiger partial charge in [0.15, 0.2) is 5.76 Å². The fraction of sp³-hybridized carbons (Fsp3) is 0.333. The van der Waals surface area contributed by atoms with Gasteiger partial charge in [-0.2, -0.15) is 0 Å². The normalized spacial score (nSPS) is 18.6. The molecule has 1 aromatic carbocycles. The Bertz CT molecular complexity index is 726. The lowest BCUT2D eigenvalue weighted by molar-refractivity contribution is -0.139. The molecule has 1 saturated heterocycles. The smallest absolute Gasteiger partial charge is 0.305 e. The van der Waals surface area contributed by atoms with Gasteiger partial charge in [-0.25, -0.2) is 0 Å². The van der Waals surface area contributed by atoms with Crippen LogP contribution in [0.2, 0.25) is 5.02 Å². The first-order valence-corrected chi connectivity index (χ1v) is 7.22. The van der Waals surface area contributed by atoms with Crippen molar-refractivity contribution in [3.05, 3.63) is 35.0 Å². The summed E-state index contributed by atoms with van der Waals surface area (Å²) in [5, 5.41) is 10.2. The number of morpholine rings is 1. The van der Waals surface area contributed by atoms with Crippen LogP contribution in [-0.2, 0) is 9.53 Å². The predicted octanol–water partition coefficient (Wildman–Crippen LogP) is 2.40. The SMILES string of the molecule is O=C(O)CC1COCCN1C(=O)c1cc2cc(Cl)ccc2o1. The molecule has 1 aromatic heterocycles. The number of rotatable bonds is 3. The zero-order valence-corrected chi connectivity index (χ0v) is 12.4. The highest BCUT2D eigenvalue weighted by Gasteiger charge is 2.31. The molecule has 22 heavy (non-hydrogen) atoms. The molecule has 0 bridgehead atoms. The summed E-state index contributed by atoms with van der Waals surface area (Å²) in [6.45, 7) is 0.937. The molecule has 116 valence electrons. The number of carbonyl (C=O) groups excluding carboxylic acids is 1. The molecule has 1 aliphatic heterocycles. The first-order valence-electron chi connectivity index (χ1n) is 6.84. The van der Waals surface area contributed by atoms with Gasteiger partial charge in [0.05, 0.1) is 25.7 Å². The van der Waals surface area contributed by atoms with Gasteiger partial charge in [-0.05, 0) is 24.3 Å². The molecule has 6 nitrogen and oxygen atoms in total. The first-order chi connectivity index (χ1) is 10.5. The summed E-state index contributed by atoms with van der Waals surface area (Å²) in [5.41, 5.74) is 0.566. The molecular weight excluding hydrogens is 310 g/mol. The lowest BCUT2D eigenvalue weighted by Crippen LogP contribution is -2.49. The average Bonchev–Trinajstić information content (AvgIpc) is 2.89. The molecule has 2 heterocycles. The summed E-state index contributed by atoms with van der Waals surface area (Å²) in [6, 6.07) is 6.23. The molecule has 1 unspecified atom stereocenters. The molecule has 1 aliphatic rings. The maximum Gasteiger partial charge on any atom is 0.305 e. The lowest BCUT2D eigenvalue weighted by Gasteiger charge is -2.34. The van der Waals surface area contributed by atoms with Crippen LogP contribution >= 0.6 is 11.6 Å². The van der Waals surface area contributed by atoms with Crippen LogP contribution in [0.15, 0.2) is 28.7 Å². The second-order valence-corrected chi connectivity index (χ2v) is 5.55. The number of furan rings is 1. The minimum absolute atomic E-state index is 0.155. The lowest BCUT2D eigenvalue weighted by atomic mass is 10.1. The molecule has 0 radical (unpaired) electrons. The van der Waals surface area contributed by atoms with Crippen LogP contribution in [0.3, 0.4) is 0 Å². The molecule has 1 fully saturated rings. The molecule has 0 saturated carbocycles. The van der Waals surface area contributed by atoms with Crippen molar-refractivity contribution >= 4 is 34.4 Å². The third kappa shape index (κ3) is 2.93. The third-order valence-corrected chi connectivity index (χ3v) is 3.82. The van der Waals surface area contributed by atoms with E-state index in [9.17, 15) is 9.59 Å². The molecule has 0 aliphatic carbocycles. The van der Waals surface area contributed by atoms with Crippen molar-refractivity contribution in [2.45, 2.75) is 12.5 Å². The van der Waals surface area contributed by atoms with Gasteiger partial charge in [0.1, 0.15) is 5.58 Å². The zero-order chi connectivity index (χ0) is 15.7. The monoisotopic (exact) mass is 323 g/mol. The van der Waals surface area contributed by atoms with Crippen LogP contribution in [0.25, 0.3) is 11.0 Å². The number of hydrogen-bond donors (Lipinski definition) is 1. The highest BCUT2D eigenvalue weighted by Crippen LogP contribution is 2.25. The predicted molar refractivity (Wildman–Crippen MR) is 79.1 cm³/mol. The second kappa shape index (κ2) is 5.98. The summed E-state index contributed by atoms with van der Waals surface area (Å²) in [7, 11) is 0. The number of halogens is 1.